The highest BCUT2D eigenvalue weighted by atomic mass is 19.4. The Morgan fingerprint density at radius 1 is 0.889 bits per heavy atom. The van der Waals surface area contributed by atoms with Gasteiger partial charge in [0.25, 0.3) is 5.91 Å². The van der Waals surface area contributed by atoms with Crippen LogP contribution in [0.3, 0.4) is 0 Å². The highest BCUT2D eigenvalue weighted by Gasteiger charge is 2.48. The Labute approximate surface area is 154 Å². The van der Waals surface area contributed by atoms with E-state index in [-0.39, 0.29) is 32.0 Å². The first-order valence-electron chi connectivity index (χ1n) is 8.80. The van der Waals surface area contributed by atoms with Crippen LogP contribution in [-0.2, 0) is 9.59 Å². The van der Waals surface area contributed by atoms with Crippen molar-refractivity contribution in [1.82, 2.24) is 14.7 Å². The minimum atomic E-state index is -4.98. The molecule has 3 rings (SSSR count). The maximum atomic E-state index is 12.7. The average molecular weight is 383 g/mol. The van der Waals surface area contributed by atoms with Gasteiger partial charge in [0, 0.05) is 38.3 Å². The van der Waals surface area contributed by atoms with E-state index in [2.05, 4.69) is 0 Å². The van der Waals surface area contributed by atoms with Crippen molar-refractivity contribution in [2.45, 2.75) is 25.1 Å². The zero-order valence-electron chi connectivity index (χ0n) is 14.6. The van der Waals surface area contributed by atoms with E-state index in [0.29, 0.717) is 30.0 Å². The number of alkyl halides is 3. The van der Waals surface area contributed by atoms with Crippen LogP contribution in [0.2, 0.25) is 0 Å². The number of nitrogens with zero attached hydrogens (tertiary/aromatic N) is 3. The number of carbonyl (C=O) groups is 3. The Kier molecular flexibility index (Phi) is 5.38. The van der Waals surface area contributed by atoms with E-state index < -0.39 is 24.0 Å². The fourth-order valence-electron chi connectivity index (χ4n) is 3.53. The van der Waals surface area contributed by atoms with Gasteiger partial charge in [-0.05, 0) is 25.0 Å². The number of carbonyl (C=O) groups excluding carboxylic acids is 3. The first-order valence-corrected chi connectivity index (χ1v) is 8.80. The van der Waals surface area contributed by atoms with Crippen LogP contribution in [-0.4, -0.2) is 77.4 Å². The van der Waals surface area contributed by atoms with Gasteiger partial charge in [-0.25, -0.2) is 0 Å². The lowest BCUT2D eigenvalue weighted by molar-refractivity contribution is -0.187. The van der Waals surface area contributed by atoms with Crippen LogP contribution in [0.5, 0.6) is 0 Å². The number of hydrogen-bond donors (Lipinski definition) is 0. The number of likely N-dealkylation sites (tertiary alicyclic amines) is 1. The second-order valence-corrected chi connectivity index (χ2v) is 6.64. The smallest absolute Gasteiger partial charge is 0.337 e. The predicted molar refractivity (Wildman–Crippen MR) is 89.7 cm³/mol. The molecule has 0 saturated carbocycles. The van der Waals surface area contributed by atoms with Crippen molar-refractivity contribution in [2.75, 3.05) is 32.7 Å². The molecule has 1 atom stereocenters. The monoisotopic (exact) mass is 383 g/mol. The lowest BCUT2D eigenvalue weighted by Gasteiger charge is -2.37. The number of piperazine rings is 1. The third-order valence-electron chi connectivity index (χ3n) is 4.94. The number of halogens is 3. The van der Waals surface area contributed by atoms with Crippen LogP contribution < -0.4 is 0 Å². The Hall–Kier alpha value is -2.58. The minimum absolute atomic E-state index is 0.0682. The zero-order chi connectivity index (χ0) is 19.6. The Bertz CT molecular complexity index is 716. The molecule has 0 spiro atoms. The molecule has 2 fully saturated rings. The molecule has 146 valence electrons. The molecule has 2 aliphatic heterocycles. The zero-order valence-corrected chi connectivity index (χ0v) is 14.6. The van der Waals surface area contributed by atoms with Crippen LogP contribution >= 0.6 is 0 Å². The molecule has 1 unspecified atom stereocenters. The van der Waals surface area contributed by atoms with E-state index in [1.807, 2.05) is 6.07 Å². The summed E-state index contributed by atoms with van der Waals surface area (Å²) in [6, 6.07) is 7.68. The molecule has 6 nitrogen and oxygen atoms in total. The molecule has 1 aromatic rings. The largest absolute Gasteiger partial charge is 0.471 e. The van der Waals surface area contributed by atoms with Gasteiger partial charge in [-0.1, -0.05) is 18.2 Å². The lowest BCUT2D eigenvalue weighted by atomic mass is 10.1. The van der Waals surface area contributed by atoms with Crippen molar-refractivity contribution in [3.8, 4) is 0 Å². The van der Waals surface area contributed by atoms with Gasteiger partial charge in [0.2, 0.25) is 5.91 Å². The molecule has 0 aromatic heterocycles. The summed E-state index contributed by atoms with van der Waals surface area (Å²) < 4.78 is 38.2. The summed E-state index contributed by atoms with van der Waals surface area (Å²) in [4.78, 5) is 40.3. The fourth-order valence-corrected chi connectivity index (χ4v) is 3.53. The van der Waals surface area contributed by atoms with Crippen molar-refractivity contribution in [1.29, 1.82) is 0 Å². The molecular formula is C18H20F3N3O3. The van der Waals surface area contributed by atoms with Gasteiger partial charge < -0.3 is 14.7 Å². The van der Waals surface area contributed by atoms with Crippen molar-refractivity contribution in [3.63, 3.8) is 0 Å². The molecule has 27 heavy (non-hydrogen) atoms. The Balaban J connectivity index is 1.60. The molecule has 2 aliphatic rings. The predicted octanol–water partition coefficient (Wildman–Crippen LogP) is 1.52. The summed E-state index contributed by atoms with van der Waals surface area (Å²) in [7, 11) is 0. The molecule has 3 amide bonds. The number of amides is 3. The number of rotatable bonds is 2. The van der Waals surface area contributed by atoms with E-state index in [0.717, 1.165) is 0 Å². The van der Waals surface area contributed by atoms with E-state index >= 15 is 0 Å². The van der Waals surface area contributed by atoms with E-state index in [1.165, 1.54) is 4.90 Å². The third-order valence-corrected chi connectivity index (χ3v) is 4.94. The van der Waals surface area contributed by atoms with Crippen molar-refractivity contribution in [2.24, 2.45) is 0 Å². The summed E-state index contributed by atoms with van der Waals surface area (Å²) in [5.74, 6) is -2.58. The van der Waals surface area contributed by atoms with Gasteiger partial charge in [-0.3, -0.25) is 14.4 Å². The summed E-state index contributed by atoms with van der Waals surface area (Å²) in [5.41, 5.74) is 0.551. The first-order chi connectivity index (χ1) is 12.8. The minimum Gasteiger partial charge on any atom is -0.337 e. The normalized spacial score (nSPS) is 20.7. The third kappa shape index (κ3) is 4.06. The van der Waals surface area contributed by atoms with Gasteiger partial charge in [0.15, 0.2) is 0 Å². The molecule has 2 saturated heterocycles. The molecular weight excluding hydrogens is 363 g/mol. The SMILES string of the molecule is O=C(c1ccccc1)N1CCN(C(=O)C2CCCN2C(=O)C(F)(F)F)CC1. The topological polar surface area (TPSA) is 60.9 Å². The summed E-state index contributed by atoms with van der Waals surface area (Å²) in [6.07, 6.45) is -4.39. The van der Waals surface area contributed by atoms with Gasteiger partial charge >= 0.3 is 12.1 Å². The fraction of sp³-hybridized carbons (Fsp3) is 0.500. The van der Waals surface area contributed by atoms with Crippen LogP contribution in [0, 0.1) is 0 Å². The summed E-state index contributed by atoms with van der Waals surface area (Å²) in [6.45, 7) is 1.02. The van der Waals surface area contributed by atoms with Crippen molar-refractivity contribution in [3.05, 3.63) is 35.9 Å². The number of benzene rings is 1. The highest BCUT2D eigenvalue weighted by molar-refractivity contribution is 5.94. The molecule has 0 N–H and O–H groups in total. The first kappa shape index (κ1) is 19.2. The van der Waals surface area contributed by atoms with E-state index in [1.54, 1.807) is 29.2 Å². The maximum Gasteiger partial charge on any atom is 0.471 e. The molecule has 2 heterocycles. The van der Waals surface area contributed by atoms with Gasteiger partial charge in [0.1, 0.15) is 6.04 Å². The summed E-state index contributed by atoms with van der Waals surface area (Å²) >= 11 is 0. The quantitative estimate of drug-likeness (QED) is 0.778. The van der Waals surface area contributed by atoms with Gasteiger partial charge in [-0.2, -0.15) is 13.2 Å². The maximum absolute atomic E-state index is 12.7. The highest BCUT2D eigenvalue weighted by Crippen LogP contribution is 2.27. The molecule has 1 aromatic carbocycles. The van der Waals surface area contributed by atoms with Crippen molar-refractivity contribution >= 4 is 17.7 Å². The second-order valence-electron chi connectivity index (χ2n) is 6.64. The van der Waals surface area contributed by atoms with Crippen LogP contribution in [0.4, 0.5) is 13.2 Å². The number of hydrogen-bond acceptors (Lipinski definition) is 3. The second kappa shape index (κ2) is 7.58. The van der Waals surface area contributed by atoms with Gasteiger partial charge in [-0.15, -0.1) is 0 Å². The molecule has 0 radical (unpaired) electrons. The van der Waals surface area contributed by atoms with Crippen LogP contribution in [0.15, 0.2) is 30.3 Å². The standard InChI is InChI=1S/C18H20F3N3O3/c19-18(20,21)17(27)24-8-4-7-14(24)16(26)23-11-9-22(10-12-23)15(25)13-5-2-1-3-6-13/h1-3,5-6,14H,4,7-12H2. The Morgan fingerprint density at radius 3 is 2.07 bits per heavy atom. The summed E-state index contributed by atoms with van der Waals surface area (Å²) in [5, 5.41) is 0. The van der Waals surface area contributed by atoms with Gasteiger partial charge in [0.05, 0.1) is 0 Å². The van der Waals surface area contributed by atoms with E-state index in [4.69, 9.17) is 0 Å². The van der Waals surface area contributed by atoms with Crippen LogP contribution in [0.1, 0.15) is 23.2 Å². The van der Waals surface area contributed by atoms with E-state index in [9.17, 15) is 27.6 Å². The molecule has 0 bridgehead atoms. The average Bonchev–Trinajstić information content (AvgIpc) is 3.16. The lowest BCUT2D eigenvalue weighted by Crippen LogP contribution is -2.56. The van der Waals surface area contributed by atoms with Crippen LogP contribution in [0.25, 0.3) is 0 Å². The van der Waals surface area contributed by atoms with Crippen molar-refractivity contribution < 1.29 is 27.6 Å². The molecule has 0 aliphatic carbocycles. The Morgan fingerprint density at radius 2 is 1.48 bits per heavy atom. The molecule has 9 heteroatoms.